The Morgan fingerprint density at radius 3 is 2.73 bits per heavy atom. The fraction of sp³-hybridized carbons (Fsp3) is 0.417. The zero-order valence-electron chi connectivity index (χ0n) is 17.6. The minimum absolute atomic E-state index is 0.132. The Hall–Kier alpha value is -2.86. The van der Waals surface area contributed by atoms with E-state index < -0.39 is 0 Å². The summed E-state index contributed by atoms with van der Waals surface area (Å²) >= 11 is 0. The van der Waals surface area contributed by atoms with Crippen LogP contribution in [-0.2, 0) is 17.8 Å². The van der Waals surface area contributed by atoms with Gasteiger partial charge in [-0.25, -0.2) is 4.98 Å². The second-order valence-electron chi connectivity index (χ2n) is 7.90. The van der Waals surface area contributed by atoms with Crippen molar-refractivity contribution >= 4 is 16.9 Å². The molecule has 2 aromatic carbocycles. The monoisotopic (exact) mass is 406 g/mol. The maximum absolute atomic E-state index is 12.4. The van der Waals surface area contributed by atoms with Crippen LogP contribution < -0.4 is 15.4 Å². The zero-order chi connectivity index (χ0) is 20.8. The maximum atomic E-state index is 12.4. The van der Waals surface area contributed by atoms with Crippen molar-refractivity contribution in [1.82, 2.24) is 20.2 Å². The van der Waals surface area contributed by atoms with Gasteiger partial charge in [-0.15, -0.1) is 0 Å². The molecule has 1 aromatic heterocycles. The van der Waals surface area contributed by atoms with Gasteiger partial charge in [-0.1, -0.05) is 29.8 Å². The van der Waals surface area contributed by atoms with Crippen LogP contribution in [0.3, 0.4) is 0 Å². The number of hydrogen-bond acceptors (Lipinski definition) is 4. The number of rotatable bonds is 8. The molecular weight excluding hydrogens is 376 g/mol. The van der Waals surface area contributed by atoms with Crippen molar-refractivity contribution in [3.8, 4) is 5.75 Å². The van der Waals surface area contributed by atoms with Gasteiger partial charge in [0.2, 0.25) is 5.91 Å². The lowest BCUT2D eigenvalue weighted by Gasteiger charge is -2.21. The molecule has 1 saturated heterocycles. The topological polar surface area (TPSA) is 68.2 Å². The van der Waals surface area contributed by atoms with Gasteiger partial charge in [0.05, 0.1) is 17.6 Å². The van der Waals surface area contributed by atoms with Gasteiger partial charge in [0.1, 0.15) is 18.2 Å². The first-order valence-electron chi connectivity index (χ1n) is 10.8. The summed E-state index contributed by atoms with van der Waals surface area (Å²) in [5.74, 6) is 2.16. The quantitative estimate of drug-likeness (QED) is 0.603. The Balaban J connectivity index is 1.38. The van der Waals surface area contributed by atoms with E-state index in [0.717, 1.165) is 48.5 Å². The first-order chi connectivity index (χ1) is 14.7. The number of carbonyl (C=O) groups excluding carboxylic acids is 1. The Labute approximate surface area is 177 Å². The van der Waals surface area contributed by atoms with Gasteiger partial charge in [0.15, 0.2) is 0 Å². The van der Waals surface area contributed by atoms with Crippen molar-refractivity contribution in [3.05, 3.63) is 59.9 Å². The van der Waals surface area contributed by atoms with Crippen LogP contribution in [-0.4, -0.2) is 41.7 Å². The summed E-state index contributed by atoms with van der Waals surface area (Å²) in [5.41, 5.74) is 3.30. The predicted octanol–water partition coefficient (Wildman–Crippen LogP) is 3.08. The normalized spacial score (nSPS) is 14.7. The zero-order valence-corrected chi connectivity index (χ0v) is 17.6. The van der Waals surface area contributed by atoms with E-state index in [2.05, 4.69) is 40.3 Å². The van der Waals surface area contributed by atoms with Crippen LogP contribution >= 0.6 is 0 Å². The van der Waals surface area contributed by atoms with Gasteiger partial charge in [-0.05, 0) is 57.1 Å². The number of para-hydroxylation sites is 2. The summed E-state index contributed by atoms with van der Waals surface area (Å²) in [6.45, 7) is 5.80. The number of aryl methyl sites for hydroxylation is 1. The smallest absolute Gasteiger partial charge is 0.223 e. The minimum Gasteiger partial charge on any atom is -0.492 e. The Kier molecular flexibility index (Phi) is 6.64. The van der Waals surface area contributed by atoms with Crippen LogP contribution in [0.1, 0.15) is 24.2 Å². The Morgan fingerprint density at radius 2 is 1.93 bits per heavy atom. The molecule has 0 atom stereocenters. The van der Waals surface area contributed by atoms with Crippen molar-refractivity contribution in [2.45, 2.75) is 32.7 Å². The van der Waals surface area contributed by atoms with E-state index in [4.69, 9.17) is 9.72 Å². The Morgan fingerprint density at radius 1 is 1.17 bits per heavy atom. The minimum atomic E-state index is 0.132. The molecule has 30 heavy (non-hydrogen) atoms. The summed E-state index contributed by atoms with van der Waals surface area (Å²) < 4.78 is 8.14. The lowest BCUT2D eigenvalue weighted by Crippen LogP contribution is -2.39. The highest BCUT2D eigenvalue weighted by Crippen LogP contribution is 2.18. The highest BCUT2D eigenvalue weighted by molar-refractivity contribution is 5.79. The third-order valence-electron chi connectivity index (χ3n) is 5.70. The van der Waals surface area contributed by atoms with Crippen LogP contribution in [0.5, 0.6) is 5.75 Å². The second-order valence-corrected chi connectivity index (χ2v) is 7.90. The van der Waals surface area contributed by atoms with Crippen molar-refractivity contribution in [3.63, 3.8) is 0 Å². The van der Waals surface area contributed by atoms with Crippen molar-refractivity contribution in [2.24, 2.45) is 5.92 Å². The molecule has 0 unspecified atom stereocenters. The molecule has 4 rings (SSSR count). The molecule has 1 amide bonds. The number of ether oxygens (including phenoxy) is 1. The molecule has 0 spiro atoms. The lowest BCUT2D eigenvalue weighted by atomic mass is 9.97. The average molecular weight is 407 g/mol. The molecule has 0 aliphatic carbocycles. The van der Waals surface area contributed by atoms with E-state index in [9.17, 15) is 4.79 Å². The van der Waals surface area contributed by atoms with Crippen molar-refractivity contribution in [2.75, 3.05) is 26.2 Å². The molecule has 6 nitrogen and oxygen atoms in total. The summed E-state index contributed by atoms with van der Waals surface area (Å²) in [5, 5.41) is 6.41. The summed E-state index contributed by atoms with van der Waals surface area (Å²) in [6, 6.07) is 16.3. The summed E-state index contributed by atoms with van der Waals surface area (Å²) in [6.07, 6.45) is 2.54. The Bertz CT molecular complexity index is 975. The maximum Gasteiger partial charge on any atom is 0.223 e. The molecule has 2 heterocycles. The van der Waals surface area contributed by atoms with Crippen LogP contribution in [0.15, 0.2) is 48.5 Å². The van der Waals surface area contributed by atoms with Crippen LogP contribution in [0.25, 0.3) is 11.0 Å². The number of carbonyl (C=O) groups is 1. The number of benzene rings is 2. The van der Waals surface area contributed by atoms with Crippen LogP contribution in [0, 0.1) is 12.8 Å². The van der Waals surface area contributed by atoms with E-state index >= 15 is 0 Å². The molecular formula is C24H30N4O2. The van der Waals surface area contributed by atoms with E-state index in [0.29, 0.717) is 26.1 Å². The molecule has 158 valence electrons. The number of nitrogens with zero attached hydrogens (tertiary/aromatic N) is 2. The van der Waals surface area contributed by atoms with Gasteiger partial charge in [0, 0.05) is 18.9 Å². The predicted molar refractivity (Wildman–Crippen MR) is 119 cm³/mol. The highest BCUT2D eigenvalue weighted by atomic mass is 16.5. The average Bonchev–Trinajstić information content (AvgIpc) is 3.13. The largest absolute Gasteiger partial charge is 0.492 e. The van der Waals surface area contributed by atoms with E-state index in [-0.39, 0.29) is 11.8 Å². The summed E-state index contributed by atoms with van der Waals surface area (Å²) in [4.78, 5) is 17.2. The van der Waals surface area contributed by atoms with Gasteiger partial charge >= 0.3 is 0 Å². The van der Waals surface area contributed by atoms with Gasteiger partial charge in [-0.3, -0.25) is 4.79 Å². The van der Waals surface area contributed by atoms with E-state index in [1.54, 1.807) is 0 Å². The molecule has 6 heteroatoms. The molecule has 2 N–H and O–H groups in total. The fourth-order valence-corrected chi connectivity index (χ4v) is 3.98. The first kappa shape index (κ1) is 20.4. The van der Waals surface area contributed by atoms with Crippen LogP contribution in [0.4, 0.5) is 0 Å². The molecule has 0 bridgehead atoms. The van der Waals surface area contributed by atoms with Gasteiger partial charge in [0.25, 0.3) is 0 Å². The third kappa shape index (κ3) is 5.00. The SMILES string of the molecule is Cc1ccc(OCCn2c(CCNC(=O)C3CCNCC3)nc3ccccc32)cc1. The van der Waals surface area contributed by atoms with E-state index in [1.165, 1.54) is 5.56 Å². The third-order valence-corrected chi connectivity index (χ3v) is 5.70. The molecule has 1 aliphatic rings. The first-order valence-corrected chi connectivity index (χ1v) is 10.8. The second kappa shape index (κ2) is 9.76. The number of nitrogens with one attached hydrogen (secondary N) is 2. The molecule has 1 fully saturated rings. The van der Waals surface area contributed by atoms with Crippen molar-refractivity contribution < 1.29 is 9.53 Å². The molecule has 1 aliphatic heterocycles. The van der Waals surface area contributed by atoms with Crippen LogP contribution in [0.2, 0.25) is 0 Å². The lowest BCUT2D eigenvalue weighted by molar-refractivity contribution is -0.125. The van der Waals surface area contributed by atoms with Gasteiger partial charge in [-0.2, -0.15) is 0 Å². The molecule has 0 saturated carbocycles. The number of fused-ring (bicyclic) bond motifs is 1. The number of imidazole rings is 1. The number of piperidine rings is 1. The number of amides is 1. The number of hydrogen-bond donors (Lipinski definition) is 2. The molecule has 3 aromatic rings. The fourth-order valence-electron chi connectivity index (χ4n) is 3.98. The van der Waals surface area contributed by atoms with Gasteiger partial charge < -0.3 is 19.9 Å². The highest BCUT2D eigenvalue weighted by Gasteiger charge is 2.20. The summed E-state index contributed by atoms with van der Waals surface area (Å²) in [7, 11) is 0. The standard InChI is InChI=1S/C24H30N4O2/c1-18-6-8-20(9-7-18)30-17-16-28-22-5-3-2-4-21(22)27-23(28)12-15-26-24(29)19-10-13-25-14-11-19/h2-9,19,25H,10-17H2,1H3,(H,26,29). The van der Waals surface area contributed by atoms with E-state index in [1.807, 2.05) is 30.3 Å². The van der Waals surface area contributed by atoms with Crippen molar-refractivity contribution in [1.29, 1.82) is 0 Å². The number of aromatic nitrogens is 2. The molecule has 0 radical (unpaired) electrons.